The first-order valence-corrected chi connectivity index (χ1v) is 5.95. The minimum atomic E-state index is -0.475. The van der Waals surface area contributed by atoms with Gasteiger partial charge in [-0.05, 0) is 28.8 Å². The number of terminal acetylenes is 1. The van der Waals surface area contributed by atoms with Crippen molar-refractivity contribution in [2.24, 2.45) is 5.41 Å². The first-order chi connectivity index (χ1) is 6.66. The van der Waals surface area contributed by atoms with Crippen molar-refractivity contribution in [3.63, 3.8) is 0 Å². The van der Waals surface area contributed by atoms with Crippen LogP contribution in [0.4, 0.5) is 0 Å². The van der Waals surface area contributed by atoms with E-state index >= 15 is 0 Å². The molecule has 0 bridgehead atoms. The fraction of sp³-hybridized carbons (Fsp3) is 0.727. The molecule has 0 saturated carbocycles. The van der Waals surface area contributed by atoms with E-state index in [1.807, 2.05) is 13.8 Å². The van der Waals surface area contributed by atoms with E-state index in [1.54, 1.807) is 0 Å². The lowest BCUT2D eigenvalue weighted by molar-refractivity contribution is -0.154. The third-order valence-electron chi connectivity index (χ3n) is 2.46. The van der Waals surface area contributed by atoms with E-state index in [-0.39, 0.29) is 11.5 Å². The van der Waals surface area contributed by atoms with Gasteiger partial charge in [-0.3, -0.25) is 4.79 Å². The zero-order valence-electron chi connectivity index (χ0n) is 8.81. The van der Waals surface area contributed by atoms with Crippen LogP contribution in [0, 0.1) is 17.8 Å². The summed E-state index contributed by atoms with van der Waals surface area (Å²) in [5.74, 6) is 2.38. The van der Waals surface area contributed by atoms with Crippen molar-refractivity contribution in [2.75, 3.05) is 5.52 Å². The summed E-state index contributed by atoms with van der Waals surface area (Å²) >= 11 is 3.08. The minimum absolute atomic E-state index is 0.184. The van der Waals surface area contributed by atoms with Gasteiger partial charge in [0.15, 0.2) is 0 Å². The van der Waals surface area contributed by atoms with Gasteiger partial charge in [-0.1, -0.05) is 20.3 Å². The average Bonchev–Trinajstić information content (AvgIpc) is 2.17. The van der Waals surface area contributed by atoms with Crippen LogP contribution < -0.4 is 0 Å². The van der Waals surface area contributed by atoms with Crippen LogP contribution in [0.1, 0.15) is 39.5 Å². The molecule has 3 heteroatoms. The number of rotatable bonds is 6. The average molecular weight is 261 g/mol. The van der Waals surface area contributed by atoms with Crippen LogP contribution >= 0.6 is 15.9 Å². The van der Waals surface area contributed by atoms with Gasteiger partial charge in [0.1, 0.15) is 5.52 Å². The molecule has 0 amide bonds. The number of ether oxygens (including phenoxy) is 1. The Morgan fingerprint density at radius 2 is 2.21 bits per heavy atom. The van der Waals surface area contributed by atoms with Gasteiger partial charge in [-0.15, -0.1) is 12.3 Å². The van der Waals surface area contributed by atoms with Crippen molar-refractivity contribution in [2.45, 2.75) is 39.5 Å². The first-order valence-electron chi connectivity index (χ1n) is 4.83. The third kappa shape index (κ3) is 3.34. The lowest BCUT2D eigenvalue weighted by Crippen LogP contribution is -2.31. The van der Waals surface area contributed by atoms with Crippen molar-refractivity contribution >= 4 is 21.9 Å². The van der Waals surface area contributed by atoms with Gasteiger partial charge in [0, 0.05) is 6.42 Å². The summed E-state index contributed by atoms with van der Waals surface area (Å²) in [7, 11) is 0. The molecule has 0 saturated heterocycles. The highest BCUT2D eigenvalue weighted by molar-refractivity contribution is 9.09. The summed E-state index contributed by atoms with van der Waals surface area (Å²) in [6.45, 7) is 4.02. The third-order valence-corrected chi connectivity index (χ3v) is 2.69. The Kier molecular flexibility index (Phi) is 6.65. The van der Waals surface area contributed by atoms with Crippen LogP contribution in [0.15, 0.2) is 0 Å². The summed E-state index contributed by atoms with van der Waals surface area (Å²) < 4.78 is 4.99. The minimum Gasteiger partial charge on any atom is -0.454 e. The normalized spacial score (nSPS) is 14.1. The molecule has 0 aromatic carbocycles. The Morgan fingerprint density at radius 3 is 2.57 bits per heavy atom. The van der Waals surface area contributed by atoms with Crippen LogP contribution in [-0.2, 0) is 9.53 Å². The summed E-state index contributed by atoms with van der Waals surface area (Å²) in [5, 5.41) is 0. The molecule has 0 aliphatic carbocycles. The van der Waals surface area contributed by atoms with Crippen LogP contribution in [0.25, 0.3) is 0 Å². The fourth-order valence-electron chi connectivity index (χ4n) is 1.59. The maximum absolute atomic E-state index is 11.7. The number of hydrogen-bond donors (Lipinski definition) is 0. The molecular formula is C11H17BrO2. The summed E-state index contributed by atoms with van der Waals surface area (Å²) in [5.41, 5.74) is -0.237. The molecule has 2 nitrogen and oxygen atoms in total. The summed E-state index contributed by atoms with van der Waals surface area (Å²) in [6, 6.07) is 0. The maximum Gasteiger partial charge on any atom is 0.313 e. The molecule has 0 aliphatic heterocycles. The van der Waals surface area contributed by atoms with Crippen molar-refractivity contribution < 1.29 is 9.53 Å². The van der Waals surface area contributed by atoms with E-state index < -0.39 is 5.41 Å². The molecule has 14 heavy (non-hydrogen) atoms. The molecule has 0 N–H and O–H groups in total. The zero-order valence-corrected chi connectivity index (χ0v) is 10.4. The summed E-state index contributed by atoms with van der Waals surface area (Å²) in [6.07, 6.45) is 8.21. The van der Waals surface area contributed by atoms with E-state index in [1.165, 1.54) is 0 Å². The molecule has 0 aromatic rings. The second-order valence-electron chi connectivity index (χ2n) is 3.31. The lowest BCUT2D eigenvalue weighted by atomic mass is 9.78. The molecule has 1 unspecified atom stereocenters. The Labute approximate surface area is 94.5 Å². The molecule has 0 rings (SSSR count). The van der Waals surface area contributed by atoms with Gasteiger partial charge in [-0.25, -0.2) is 0 Å². The Morgan fingerprint density at radius 1 is 1.57 bits per heavy atom. The highest BCUT2D eigenvalue weighted by Gasteiger charge is 2.36. The first kappa shape index (κ1) is 13.5. The predicted octanol–water partition coefficient (Wildman–Crippen LogP) is 3.10. The number of alkyl halides is 1. The smallest absolute Gasteiger partial charge is 0.313 e. The molecule has 80 valence electrons. The van der Waals surface area contributed by atoms with Gasteiger partial charge in [0.05, 0.1) is 5.41 Å². The Hall–Kier alpha value is -0.490. The van der Waals surface area contributed by atoms with Crippen LogP contribution in [0.5, 0.6) is 0 Å². The van der Waals surface area contributed by atoms with E-state index in [0.717, 1.165) is 19.3 Å². The maximum atomic E-state index is 11.7. The van der Waals surface area contributed by atoms with Crippen molar-refractivity contribution in [1.29, 1.82) is 0 Å². The van der Waals surface area contributed by atoms with E-state index in [9.17, 15) is 4.79 Å². The molecule has 0 fully saturated rings. The molecular weight excluding hydrogens is 244 g/mol. The number of esters is 1. The topological polar surface area (TPSA) is 26.3 Å². The number of carbonyl (C=O) groups is 1. The van der Waals surface area contributed by atoms with Gasteiger partial charge in [0.2, 0.25) is 0 Å². The predicted molar refractivity (Wildman–Crippen MR) is 61.0 cm³/mol. The Balaban J connectivity index is 4.64. The lowest BCUT2D eigenvalue weighted by Gasteiger charge is -2.27. The van der Waals surface area contributed by atoms with Crippen LogP contribution in [0.3, 0.4) is 0 Å². The highest BCUT2D eigenvalue weighted by atomic mass is 79.9. The molecule has 0 aliphatic rings. The SMILES string of the molecule is C#CCC(CC)(CCC)C(=O)OCBr. The van der Waals surface area contributed by atoms with E-state index in [4.69, 9.17) is 11.2 Å². The second-order valence-corrected chi connectivity index (χ2v) is 3.76. The van der Waals surface area contributed by atoms with Gasteiger partial charge in [-0.2, -0.15) is 0 Å². The molecule has 1 atom stereocenters. The zero-order chi connectivity index (χ0) is 11.0. The van der Waals surface area contributed by atoms with Crippen molar-refractivity contribution in [3.05, 3.63) is 0 Å². The molecule has 0 aromatic heterocycles. The number of halogens is 1. The molecule has 0 heterocycles. The molecule has 0 radical (unpaired) electrons. The van der Waals surface area contributed by atoms with Gasteiger partial charge >= 0.3 is 5.97 Å². The highest BCUT2D eigenvalue weighted by Crippen LogP contribution is 2.33. The second kappa shape index (κ2) is 6.89. The van der Waals surface area contributed by atoms with Crippen molar-refractivity contribution in [3.8, 4) is 12.3 Å². The largest absolute Gasteiger partial charge is 0.454 e. The van der Waals surface area contributed by atoms with Crippen LogP contribution in [-0.4, -0.2) is 11.5 Å². The standard InChI is InChI=1S/C11H17BrO2/c1-4-7-11(6-3,8-5-2)10(13)14-9-12/h1H,5-9H2,2-3H3. The molecule has 0 spiro atoms. The van der Waals surface area contributed by atoms with Crippen molar-refractivity contribution in [1.82, 2.24) is 0 Å². The van der Waals surface area contributed by atoms with Gasteiger partial charge in [0.25, 0.3) is 0 Å². The monoisotopic (exact) mass is 260 g/mol. The summed E-state index contributed by atoms with van der Waals surface area (Å²) in [4.78, 5) is 11.7. The van der Waals surface area contributed by atoms with E-state index in [2.05, 4.69) is 21.9 Å². The quantitative estimate of drug-likeness (QED) is 0.417. The Bertz CT molecular complexity index is 220. The van der Waals surface area contributed by atoms with Gasteiger partial charge < -0.3 is 4.74 Å². The van der Waals surface area contributed by atoms with Crippen LogP contribution in [0.2, 0.25) is 0 Å². The number of hydrogen-bond acceptors (Lipinski definition) is 2. The van der Waals surface area contributed by atoms with E-state index in [0.29, 0.717) is 6.42 Å². The number of carbonyl (C=O) groups excluding carboxylic acids is 1. The fourth-order valence-corrected chi connectivity index (χ4v) is 1.79.